The molecule has 94 valence electrons. The van der Waals surface area contributed by atoms with E-state index in [1.165, 1.54) is 0 Å². The van der Waals surface area contributed by atoms with Gasteiger partial charge in [0.15, 0.2) is 0 Å². The van der Waals surface area contributed by atoms with Crippen molar-refractivity contribution in [3.63, 3.8) is 0 Å². The molecule has 0 amide bonds. The first-order valence-electron chi connectivity index (χ1n) is 6.47. The molecule has 4 nitrogen and oxygen atoms in total. The Morgan fingerprint density at radius 2 is 1.94 bits per heavy atom. The van der Waals surface area contributed by atoms with Crippen LogP contribution in [0.15, 0.2) is 30.6 Å². The van der Waals surface area contributed by atoms with E-state index in [9.17, 15) is 5.11 Å². The van der Waals surface area contributed by atoms with Crippen LogP contribution in [-0.4, -0.2) is 26.2 Å². The van der Waals surface area contributed by atoms with Crippen LogP contribution in [0.3, 0.4) is 0 Å². The van der Waals surface area contributed by atoms with Gasteiger partial charge in [-0.15, -0.1) is 0 Å². The lowest BCUT2D eigenvalue weighted by atomic mass is 9.87. The summed E-state index contributed by atoms with van der Waals surface area (Å²) in [6.45, 7) is 0. The number of hydrogen-bond donors (Lipinski definition) is 2. The molecule has 1 saturated carbocycles. The van der Waals surface area contributed by atoms with Gasteiger partial charge in [-0.25, -0.2) is 4.98 Å². The highest BCUT2D eigenvalue weighted by molar-refractivity contribution is 5.52. The molecule has 0 radical (unpaired) electrons. The third kappa shape index (κ3) is 2.29. The fourth-order valence-electron chi connectivity index (χ4n) is 2.55. The molecule has 0 saturated heterocycles. The van der Waals surface area contributed by atoms with Crippen molar-refractivity contribution >= 4 is 0 Å². The highest BCUT2D eigenvalue weighted by atomic mass is 16.3. The molecule has 2 heterocycles. The fourth-order valence-corrected chi connectivity index (χ4v) is 2.55. The van der Waals surface area contributed by atoms with Gasteiger partial charge in [-0.1, -0.05) is 6.07 Å². The van der Waals surface area contributed by atoms with E-state index in [2.05, 4.69) is 15.0 Å². The Hall–Kier alpha value is -1.68. The van der Waals surface area contributed by atoms with Crippen molar-refractivity contribution in [2.24, 2.45) is 0 Å². The number of imidazole rings is 1. The molecule has 0 bridgehead atoms. The lowest BCUT2D eigenvalue weighted by Crippen LogP contribution is -2.17. The average molecular weight is 243 g/mol. The molecule has 4 heteroatoms. The van der Waals surface area contributed by atoms with Crippen molar-refractivity contribution in [1.29, 1.82) is 0 Å². The van der Waals surface area contributed by atoms with Crippen molar-refractivity contribution in [3.05, 3.63) is 36.4 Å². The van der Waals surface area contributed by atoms with Gasteiger partial charge >= 0.3 is 0 Å². The van der Waals surface area contributed by atoms with Gasteiger partial charge in [0.25, 0.3) is 0 Å². The summed E-state index contributed by atoms with van der Waals surface area (Å²) in [4.78, 5) is 12.1. The lowest BCUT2D eigenvalue weighted by Gasteiger charge is -2.23. The Labute approximate surface area is 106 Å². The van der Waals surface area contributed by atoms with Gasteiger partial charge in [0, 0.05) is 12.1 Å². The van der Waals surface area contributed by atoms with Crippen LogP contribution in [0.1, 0.15) is 37.4 Å². The summed E-state index contributed by atoms with van der Waals surface area (Å²) in [7, 11) is 0. The monoisotopic (exact) mass is 243 g/mol. The summed E-state index contributed by atoms with van der Waals surface area (Å²) in [5, 5.41) is 9.52. The lowest BCUT2D eigenvalue weighted by molar-refractivity contribution is 0.121. The second kappa shape index (κ2) is 4.90. The second-order valence-electron chi connectivity index (χ2n) is 4.90. The van der Waals surface area contributed by atoms with Crippen molar-refractivity contribution in [3.8, 4) is 11.4 Å². The van der Waals surface area contributed by atoms with Gasteiger partial charge in [0.1, 0.15) is 5.82 Å². The van der Waals surface area contributed by atoms with E-state index >= 15 is 0 Å². The average Bonchev–Trinajstić information content (AvgIpc) is 2.90. The molecule has 0 aromatic carbocycles. The minimum atomic E-state index is -0.119. The predicted octanol–water partition coefficient (Wildman–Crippen LogP) is 2.49. The van der Waals surface area contributed by atoms with Crippen LogP contribution in [0.25, 0.3) is 11.4 Å². The van der Waals surface area contributed by atoms with Crippen LogP contribution in [-0.2, 0) is 0 Å². The molecule has 3 rings (SSSR count). The van der Waals surface area contributed by atoms with E-state index in [0.717, 1.165) is 42.9 Å². The molecule has 0 aliphatic heterocycles. The first kappa shape index (κ1) is 11.4. The highest BCUT2D eigenvalue weighted by Crippen LogP contribution is 2.31. The van der Waals surface area contributed by atoms with Crippen LogP contribution >= 0.6 is 0 Å². The number of aliphatic hydroxyl groups is 1. The Kier molecular flexibility index (Phi) is 3.11. The minimum absolute atomic E-state index is 0.119. The van der Waals surface area contributed by atoms with Crippen LogP contribution in [0, 0.1) is 0 Å². The van der Waals surface area contributed by atoms with Gasteiger partial charge in [0.2, 0.25) is 0 Å². The van der Waals surface area contributed by atoms with Gasteiger partial charge in [0.05, 0.1) is 23.7 Å². The summed E-state index contributed by atoms with van der Waals surface area (Å²) in [5.74, 6) is 1.48. The number of pyridine rings is 1. The summed E-state index contributed by atoms with van der Waals surface area (Å²) in [6, 6.07) is 5.85. The third-order valence-corrected chi connectivity index (χ3v) is 3.62. The Balaban J connectivity index is 1.78. The van der Waals surface area contributed by atoms with E-state index in [1.54, 1.807) is 6.20 Å². The summed E-state index contributed by atoms with van der Waals surface area (Å²) < 4.78 is 0. The molecule has 1 fully saturated rings. The summed E-state index contributed by atoms with van der Waals surface area (Å²) >= 11 is 0. The maximum atomic E-state index is 9.52. The van der Waals surface area contributed by atoms with Crippen LogP contribution in [0.4, 0.5) is 0 Å². The zero-order valence-corrected chi connectivity index (χ0v) is 10.2. The number of aromatic nitrogens is 3. The van der Waals surface area contributed by atoms with Crippen LogP contribution in [0.5, 0.6) is 0 Å². The number of hydrogen-bond acceptors (Lipinski definition) is 3. The maximum absolute atomic E-state index is 9.52. The molecule has 1 aliphatic carbocycles. The van der Waals surface area contributed by atoms with Crippen molar-refractivity contribution < 1.29 is 5.11 Å². The number of nitrogens with zero attached hydrogens (tertiary/aromatic N) is 2. The molecule has 2 aromatic rings. The molecular formula is C14H17N3O. The van der Waals surface area contributed by atoms with E-state index in [1.807, 2.05) is 24.4 Å². The Bertz CT molecular complexity index is 501. The van der Waals surface area contributed by atoms with E-state index in [-0.39, 0.29) is 6.10 Å². The van der Waals surface area contributed by atoms with Crippen LogP contribution in [0.2, 0.25) is 0 Å². The maximum Gasteiger partial charge on any atom is 0.109 e. The van der Waals surface area contributed by atoms with E-state index < -0.39 is 0 Å². The molecule has 0 atom stereocenters. The van der Waals surface area contributed by atoms with Gasteiger partial charge in [-0.3, -0.25) is 4.98 Å². The number of aliphatic hydroxyl groups excluding tert-OH is 1. The molecule has 0 unspecified atom stereocenters. The SMILES string of the molecule is OC1CCC(c2ncc(-c3ccccn3)[nH]2)CC1. The Morgan fingerprint density at radius 3 is 2.67 bits per heavy atom. The van der Waals surface area contributed by atoms with Crippen molar-refractivity contribution in [2.75, 3.05) is 0 Å². The number of nitrogens with one attached hydrogen (secondary N) is 1. The van der Waals surface area contributed by atoms with Crippen LogP contribution < -0.4 is 0 Å². The smallest absolute Gasteiger partial charge is 0.109 e. The third-order valence-electron chi connectivity index (χ3n) is 3.62. The number of H-pyrrole nitrogens is 1. The molecule has 0 spiro atoms. The fraction of sp³-hybridized carbons (Fsp3) is 0.429. The summed E-state index contributed by atoms with van der Waals surface area (Å²) in [6.07, 6.45) is 7.29. The predicted molar refractivity (Wildman–Crippen MR) is 69.0 cm³/mol. The topological polar surface area (TPSA) is 61.8 Å². The number of aromatic amines is 1. The van der Waals surface area contributed by atoms with Crippen molar-refractivity contribution in [1.82, 2.24) is 15.0 Å². The molecule has 2 aromatic heterocycles. The van der Waals surface area contributed by atoms with Gasteiger partial charge in [-0.2, -0.15) is 0 Å². The second-order valence-corrected chi connectivity index (χ2v) is 4.90. The van der Waals surface area contributed by atoms with Crippen molar-refractivity contribution in [2.45, 2.75) is 37.7 Å². The molecule has 18 heavy (non-hydrogen) atoms. The largest absolute Gasteiger partial charge is 0.393 e. The summed E-state index contributed by atoms with van der Waals surface area (Å²) in [5.41, 5.74) is 1.89. The van der Waals surface area contributed by atoms with Gasteiger partial charge < -0.3 is 10.1 Å². The highest BCUT2D eigenvalue weighted by Gasteiger charge is 2.23. The zero-order valence-electron chi connectivity index (χ0n) is 10.2. The minimum Gasteiger partial charge on any atom is -0.393 e. The zero-order chi connectivity index (χ0) is 12.4. The van der Waals surface area contributed by atoms with E-state index in [4.69, 9.17) is 0 Å². The molecular weight excluding hydrogens is 226 g/mol. The molecule has 1 aliphatic rings. The normalized spacial score (nSPS) is 24.1. The first-order chi connectivity index (χ1) is 8.83. The Morgan fingerprint density at radius 1 is 1.11 bits per heavy atom. The number of rotatable bonds is 2. The standard InChI is InChI=1S/C14H17N3O/c18-11-6-4-10(5-7-11)14-16-9-13(17-14)12-3-1-2-8-15-12/h1-3,8-11,18H,4-7H2,(H,16,17). The quantitative estimate of drug-likeness (QED) is 0.851. The molecule has 2 N–H and O–H groups in total. The van der Waals surface area contributed by atoms with Gasteiger partial charge in [-0.05, 0) is 37.8 Å². The first-order valence-corrected chi connectivity index (χ1v) is 6.47. The van der Waals surface area contributed by atoms with E-state index in [0.29, 0.717) is 5.92 Å².